The SMILES string of the molecule is Cc1cc(C)c2ccc(C)n2n1.Cc1cc(C)c2ncc(C)n2n1.Cc1cc(C)c2ncc(C)n2n1.Cc1nc(C)c2ccc(C)n2n1.Cc1nc(C)c2ncc(C)n2n1. The van der Waals surface area contributed by atoms with Crippen molar-refractivity contribution in [1.29, 1.82) is 0 Å². The lowest BCUT2D eigenvalue weighted by Gasteiger charge is -2.01. The second-order valence-corrected chi connectivity index (χ2v) is 15.3. The van der Waals surface area contributed by atoms with Gasteiger partial charge in [-0.1, -0.05) is 0 Å². The third kappa shape index (κ3) is 9.20. The summed E-state index contributed by atoms with van der Waals surface area (Å²) in [6.07, 6.45) is 5.49. The summed E-state index contributed by atoms with van der Waals surface area (Å²) in [5.74, 6) is 1.60. The molecule has 0 unspecified atom stereocenters. The van der Waals surface area contributed by atoms with Crippen molar-refractivity contribution in [2.75, 3.05) is 0 Å². The first-order chi connectivity index (χ1) is 28.4. The largest absolute Gasteiger partial charge is 0.238 e. The molecule has 0 aliphatic rings. The number of fused-ring (bicyclic) bond motifs is 5. The lowest BCUT2D eigenvalue weighted by molar-refractivity contribution is 0.816. The highest BCUT2D eigenvalue weighted by Crippen LogP contribution is 2.15. The van der Waals surface area contributed by atoms with E-state index in [1.165, 1.54) is 27.9 Å². The van der Waals surface area contributed by atoms with Crippen molar-refractivity contribution in [1.82, 2.24) is 73.0 Å². The number of imidazole rings is 3. The van der Waals surface area contributed by atoms with E-state index in [1.54, 1.807) is 6.20 Å². The van der Waals surface area contributed by atoms with Crippen molar-refractivity contribution in [2.45, 2.75) is 104 Å². The lowest BCUT2D eigenvalue weighted by Crippen LogP contribution is -2.01. The van der Waals surface area contributed by atoms with Crippen molar-refractivity contribution in [3.63, 3.8) is 0 Å². The molecular weight excluding hydrogens is 751 g/mol. The van der Waals surface area contributed by atoms with Crippen molar-refractivity contribution in [3.8, 4) is 0 Å². The molecule has 10 aromatic rings. The summed E-state index contributed by atoms with van der Waals surface area (Å²) in [6.45, 7) is 30.1. The molecule has 0 spiro atoms. The standard InChI is InChI=1S/C10H12N2.3C9H11N3.C8H10N4/c1-7-6-8(2)11-12-9(3)4-5-10(7)12;2*1-6-4-7(2)11-12-8(3)5-10-9(6)12;1-6-4-5-9-7(2)10-8(3)11-12(6)9;1-5-4-9-8-6(2)10-7(3)11-12(5)8/h4-6H,1-3H3;3*4-5H,1-3H3;4H,1-3H3. The molecule has 10 heterocycles. The second kappa shape index (κ2) is 17.5. The molecule has 0 fully saturated rings. The van der Waals surface area contributed by atoms with Crippen molar-refractivity contribution in [3.05, 3.63) is 146 Å². The molecule has 0 bridgehead atoms. The highest BCUT2D eigenvalue weighted by Gasteiger charge is 2.07. The third-order valence-electron chi connectivity index (χ3n) is 9.82. The van der Waals surface area contributed by atoms with Crippen molar-refractivity contribution in [2.24, 2.45) is 0 Å². The Kier molecular flexibility index (Phi) is 12.5. The number of aromatic nitrogens is 15. The van der Waals surface area contributed by atoms with Crippen LogP contribution >= 0.6 is 0 Å². The van der Waals surface area contributed by atoms with Gasteiger partial charge in [-0.25, -0.2) is 47.5 Å². The van der Waals surface area contributed by atoms with Gasteiger partial charge in [0.15, 0.2) is 16.9 Å². The first-order valence-electron chi connectivity index (χ1n) is 19.9. The summed E-state index contributed by atoms with van der Waals surface area (Å²) < 4.78 is 9.50. The minimum atomic E-state index is 0.779. The number of aryl methyl sites for hydroxylation is 15. The summed E-state index contributed by atoms with van der Waals surface area (Å²) in [5, 5.41) is 21.7. The number of rotatable bonds is 0. The highest BCUT2D eigenvalue weighted by atomic mass is 15.3. The molecule has 0 N–H and O–H groups in total. The molecule has 10 rings (SSSR count). The van der Waals surface area contributed by atoms with Gasteiger partial charge in [0.1, 0.15) is 11.6 Å². The van der Waals surface area contributed by atoms with Gasteiger partial charge in [0.25, 0.3) is 0 Å². The predicted molar refractivity (Wildman–Crippen MR) is 236 cm³/mol. The Labute approximate surface area is 350 Å². The van der Waals surface area contributed by atoms with Gasteiger partial charge in [0.05, 0.1) is 75.2 Å². The zero-order valence-electron chi connectivity index (χ0n) is 37.5. The fourth-order valence-electron chi connectivity index (χ4n) is 6.99. The number of hydrogen-bond donors (Lipinski definition) is 0. The van der Waals surface area contributed by atoms with E-state index < -0.39 is 0 Å². The molecule has 0 aliphatic carbocycles. The van der Waals surface area contributed by atoms with Crippen LogP contribution in [0.1, 0.15) is 85.3 Å². The molecule has 15 nitrogen and oxygen atoms in total. The molecule has 0 aliphatic heterocycles. The summed E-state index contributed by atoms with van der Waals surface area (Å²) in [4.78, 5) is 21.2. The second-order valence-electron chi connectivity index (χ2n) is 15.3. The van der Waals surface area contributed by atoms with Crippen LogP contribution in [0.2, 0.25) is 0 Å². The van der Waals surface area contributed by atoms with Crippen LogP contribution in [0.3, 0.4) is 0 Å². The zero-order valence-corrected chi connectivity index (χ0v) is 37.5. The maximum absolute atomic E-state index is 4.41. The molecule has 0 amide bonds. The Balaban J connectivity index is 0.000000126. The van der Waals surface area contributed by atoms with Gasteiger partial charge < -0.3 is 0 Å². The van der Waals surface area contributed by atoms with Crippen molar-refractivity contribution < 1.29 is 0 Å². The van der Waals surface area contributed by atoms with Crippen LogP contribution in [-0.4, -0.2) is 73.0 Å². The van der Waals surface area contributed by atoms with Gasteiger partial charge in [-0.3, -0.25) is 0 Å². The molecule has 0 saturated carbocycles. The highest BCUT2D eigenvalue weighted by molar-refractivity contribution is 5.55. The van der Waals surface area contributed by atoms with E-state index in [-0.39, 0.29) is 0 Å². The maximum Gasteiger partial charge on any atom is 0.175 e. The number of hydrogen-bond acceptors (Lipinski definition) is 10. The van der Waals surface area contributed by atoms with Crippen LogP contribution in [0.4, 0.5) is 0 Å². The molecule has 0 atom stereocenters. The van der Waals surface area contributed by atoms with Gasteiger partial charge in [-0.2, -0.15) is 25.5 Å². The average molecular weight is 806 g/mol. The van der Waals surface area contributed by atoms with E-state index in [0.29, 0.717) is 0 Å². The quantitative estimate of drug-likeness (QED) is 0.147. The molecule has 0 saturated heterocycles. The first-order valence-corrected chi connectivity index (χ1v) is 19.9. The Morgan fingerprint density at radius 3 is 1.20 bits per heavy atom. The van der Waals surface area contributed by atoms with E-state index in [0.717, 1.165) is 85.4 Å². The molecule has 0 aromatic carbocycles. The Bertz CT molecular complexity index is 2630. The molecule has 0 radical (unpaired) electrons. The van der Waals surface area contributed by atoms with E-state index in [4.69, 9.17) is 0 Å². The Morgan fingerprint density at radius 1 is 0.333 bits per heavy atom. The van der Waals surface area contributed by atoms with Gasteiger partial charge in [0, 0.05) is 11.4 Å². The Morgan fingerprint density at radius 2 is 0.700 bits per heavy atom. The summed E-state index contributed by atoms with van der Waals surface area (Å²) in [6, 6.07) is 14.5. The fourth-order valence-corrected chi connectivity index (χ4v) is 6.99. The van der Waals surface area contributed by atoms with Gasteiger partial charge in [-0.15, -0.1) is 0 Å². The minimum Gasteiger partial charge on any atom is -0.238 e. The molecule has 15 heteroatoms. The summed E-state index contributed by atoms with van der Waals surface area (Å²) in [5.41, 5.74) is 19.3. The van der Waals surface area contributed by atoms with Crippen LogP contribution < -0.4 is 0 Å². The van der Waals surface area contributed by atoms with Crippen LogP contribution in [0.15, 0.2) is 61.1 Å². The minimum absolute atomic E-state index is 0.779. The van der Waals surface area contributed by atoms with Crippen molar-refractivity contribution >= 4 is 28.0 Å². The van der Waals surface area contributed by atoms with E-state index in [1.807, 2.05) is 129 Å². The van der Waals surface area contributed by atoms with E-state index in [2.05, 4.69) is 102 Å². The third-order valence-corrected chi connectivity index (χ3v) is 9.82. The average Bonchev–Trinajstić information content (AvgIpc) is 4.01. The molecular formula is C45H55N15. The molecule has 60 heavy (non-hydrogen) atoms. The van der Waals surface area contributed by atoms with Crippen LogP contribution in [-0.2, 0) is 0 Å². The molecule has 310 valence electrons. The number of nitrogens with zero attached hydrogens (tertiary/aromatic N) is 15. The van der Waals surface area contributed by atoms with E-state index >= 15 is 0 Å². The van der Waals surface area contributed by atoms with Crippen LogP contribution in [0.5, 0.6) is 0 Å². The van der Waals surface area contributed by atoms with Gasteiger partial charge in [-0.05, 0) is 163 Å². The fraction of sp³-hybridized carbons (Fsp3) is 0.333. The maximum atomic E-state index is 4.41. The summed E-state index contributed by atoms with van der Waals surface area (Å²) >= 11 is 0. The zero-order chi connectivity index (χ0) is 43.6. The topological polar surface area (TPSA) is 151 Å². The van der Waals surface area contributed by atoms with Gasteiger partial charge in [0.2, 0.25) is 0 Å². The lowest BCUT2D eigenvalue weighted by atomic mass is 10.2. The predicted octanol–water partition coefficient (Wildman–Crippen LogP) is 8.27. The monoisotopic (exact) mass is 805 g/mol. The van der Waals surface area contributed by atoms with E-state index in [9.17, 15) is 0 Å². The summed E-state index contributed by atoms with van der Waals surface area (Å²) in [7, 11) is 0. The smallest absolute Gasteiger partial charge is 0.175 e. The Hall–Kier alpha value is -6.90. The first kappa shape index (κ1) is 42.7. The van der Waals surface area contributed by atoms with Gasteiger partial charge >= 0.3 is 0 Å². The van der Waals surface area contributed by atoms with Crippen LogP contribution in [0.25, 0.3) is 28.0 Å². The normalized spacial score (nSPS) is 10.9. The van der Waals surface area contributed by atoms with Crippen LogP contribution in [0, 0.1) is 104 Å². The molecule has 10 aromatic heterocycles.